The molecule has 0 aliphatic heterocycles. The highest BCUT2D eigenvalue weighted by Crippen LogP contribution is 2.26. The van der Waals surface area contributed by atoms with Gasteiger partial charge in [-0.3, -0.25) is 4.79 Å². The van der Waals surface area contributed by atoms with Crippen LogP contribution in [0, 0.1) is 0 Å². The number of carboxylic acid groups (broad SMARTS) is 1. The van der Waals surface area contributed by atoms with Crippen LogP contribution in [0.25, 0.3) is 0 Å². The Bertz CT molecular complexity index is 404. The molecule has 0 heterocycles. The van der Waals surface area contributed by atoms with Gasteiger partial charge in [0.1, 0.15) is 0 Å². The molecule has 4 heteroatoms. The molecule has 17 heavy (non-hydrogen) atoms. The lowest BCUT2D eigenvalue weighted by Crippen LogP contribution is -2.12. The summed E-state index contributed by atoms with van der Waals surface area (Å²) in [6.07, 6.45) is 0.564. The molecule has 0 amide bonds. The van der Waals surface area contributed by atoms with Crippen molar-refractivity contribution in [3.8, 4) is 0 Å². The smallest absolute Gasteiger partial charge is 0.303 e. The fraction of sp³-hybridized carbons (Fsp3) is 0.462. The van der Waals surface area contributed by atoms with Crippen LogP contribution >= 0.6 is 15.9 Å². The van der Waals surface area contributed by atoms with Crippen molar-refractivity contribution in [2.75, 3.05) is 0 Å². The van der Waals surface area contributed by atoms with E-state index in [9.17, 15) is 4.79 Å². The maximum Gasteiger partial charge on any atom is 0.303 e. The number of carboxylic acids is 1. The highest BCUT2D eigenvalue weighted by atomic mass is 79.9. The summed E-state index contributed by atoms with van der Waals surface area (Å²) in [6.45, 7) is 4.24. The topological polar surface area (TPSA) is 63.3 Å². The second kappa shape index (κ2) is 6.17. The van der Waals surface area contributed by atoms with E-state index in [1.807, 2.05) is 6.07 Å². The third kappa shape index (κ3) is 4.48. The summed E-state index contributed by atoms with van der Waals surface area (Å²) in [5.41, 5.74) is 8.20. The lowest BCUT2D eigenvalue weighted by atomic mass is 9.96. The fourth-order valence-corrected chi connectivity index (χ4v) is 2.16. The normalized spacial score (nSPS) is 12.8. The summed E-state index contributed by atoms with van der Waals surface area (Å²) in [5, 5.41) is 8.64. The van der Waals surface area contributed by atoms with Gasteiger partial charge in [-0.25, -0.2) is 0 Å². The summed E-state index contributed by atoms with van der Waals surface area (Å²) < 4.78 is 0.990. The Morgan fingerprint density at radius 1 is 1.35 bits per heavy atom. The monoisotopic (exact) mass is 299 g/mol. The van der Waals surface area contributed by atoms with Crippen molar-refractivity contribution >= 4 is 21.9 Å². The fourth-order valence-electron chi connectivity index (χ4n) is 1.63. The molecule has 0 aliphatic rings. The first-order valence-corrected chi connectivity index (χ1v) is 6.47. The molecule has 0 spiro atoms. The molecule has 1 unspecified atom stereocenters. The Morgan fingerprint density at radius 2 is 1.94 bits per heavy atom. The van der Waals surface area contributed by atoms with Crippen LogP contribution in [0.1, 0.15) is 49.8 Å². The first-order valence-electron chi connectivity index (χ1n) is 5.68. The Labute approximate surface area is 110 Å². The van der Waals surface area contributed by atoms with E-state index in [0.29, 0.717) is 12.3 Å². The number of hydrogen-bond acceptors (Lipinski definition) is 2. The van der Waals surface area contributed by atoms with E-state index in [1.54, 1.807) is 0 Å². The molecule has 0 aromatic heterocycles. The first-order chi connectivity index (χ1) is 7.90. The number of nitrogens with two attached hydrogens (primary N) is 1. The second-order valence-corrected chi connectivity index (χ2v) is 5.43. The van der Waals surface area contributed by atoms with Gasteiger partial charge in [-0.1, -0.05) is 35.8 Å². The molecule has 0 radical (unpaired) electrons. The van der Waals surface area contributed by atoms with Gasteiger partial charge in [-0.15, -0.1) is 0 Å². The average molecular weight is 300 g/mol. The van der Waals surface area contributed by atoms with Crippen LogP contribution in [0.5, 0.6) is 0 Å². The number of benzene rings is 1. The maximum atomic E-state index is 10.5. The Balaban J connectivity index is 2.85. The minimum Gasteiger partial charge on any atom is -0.481 e. The zero-order chi connectivity index (χ0) is 13.0. The van der Waals surface area contributed by atoms with Crippen molar-refractivity contribution in [3.63, 3.8) is 0 Å². The van der Waals surface area contributed by atoms with Crippen LogP contribution in [-0.2, 0) is 4.79 Å². The van der Waals surface area contributed by atoms with E-state index in [0.717, 1.165) is 10.0 Å². The number of carbonyl (C=O) groups is 1. The molecule has 94 valence electrons. The first kappa shape index (κ1) is 14.2. The van der Waals surface area contributed by atoms with E-state index in [4.69, 9.17) is 10.8 Å². The molecule has 0 fully saturated rings. The van der Waals surface area contributed by atoms with Crippen molar-refractivity contribution in [1.29, 1.82) is 0 Å². The van der Waals surface area contributed by atoms with Crippen LogP contribution in [0.15, 0.2) is 22.7 Å². The van der Waals surface area contributed by atoms with Crippen molar-refractivity contribution < 1.29 is 9.90 Å². The van der Waals surface area contributed by atoms with E-state index in [1.165, 1.54) is 5.56 Å². The number of rotatable bonds is 5. The third-order valence-electron chi connectivity index (χ3n) is 2.71. The predicted molar refractivity (Wildman–Crippen MR) is 72.0 cm³/mol. The molecule has 0 aliphatic carbocycles. The molecule has 3 nitrogen and oxygen atoms in total. The molecular formula is C13H18BrNO2. The molecule has 0 bridgehead atoms. The Morgan fingerprint density at radius 3 is 2.47 bits per heavy atom. The molecule has 0 saturated carbocycles. The zero-order valence-electron chi connectivity index (χ0n) is 10.1. The molecule has 1 aromatic rings. The van der Waals surface area contributed by atoms with Gasteiger partial charge in [0, 0.05) is 16.9 Å². The van der Waals surface area contributed by atoms with Gasteiger partial charge in [-0.2, -0.15) is 0 Å². The van der Waals surface area contributed by atoms with Crippen molar-refractivity contribution in [1.82, 2.24) is 0 Å². The van der Waals surface area contributed by atoms with Crippen molar-refractivity contribution in [2.45, 2.75) is 38.6 Å². The van der Waals surface area contributed by atoms with Gasteiger partial charge >= 0.3 is 5.97 Å². The number of halogens is 1. The molecular weight excluding hydrogens is 282 g/mol. The predicted octanol–water partition coefficient (Wildman–Crippen LogP) is 3.44. The highest BCUT2D eigenvalue weighted by molar-refractivity contribution is 9.10. The van der Waals surface area contributed by atoms with Crippen LogP contribution in [0.2, 0.25) is 0 Å². The molecule has 1 atom stereocenters. The molecule has 1 aromatic carbocycles. The zero-order valence-corrected chi connectivity index (χ0v) is 11.7. The van der Waals surface area contributed by atoms with E-state index in [-0.39, 0.29) is 12.5 Å². The number of aliphatic carboxylic acids is 1. The van der Waals surface area contributed by atoms with Crippen LogP contribution < -0.4 is 5.73 Å². The van der Waals surface area contributed by atoms with E-state index >= 15 is 0 Å². The highest BCUT2D eigenvalue weighted by Gasteiger charge is 2.11. The van der Waals surface area contributed by atoms with Gasteiger partial charge in [0.2, 0.25) is 0 Å². The average Bonchev–Trinajstić information content (AvgIpc) is 2.24. The largest absolute Gasteiger partial charge is 0.481 e. The van der Waals surface area contributed by atoms with Gasteiger partial charge in [-0.05, 0) is 35.6 Å². The molecule has 1 rings (SSSR count). The minimum atomic E-state index is -0.806. The Kier molecular flexibility index (Phi) is 5.15. The van der Waals surface area contributed by atoms with Gasteiger partial charge in [0.15, 0.2) is 0 Å². The van der Waals surface area contributed by atoms with Gasteiger partial charge < -0.3 is 10.8 Å². The standard InChI is InChI=1S/C13H18BrNO2/c1-8(2)9-5-10(7-11(14)6-9)12(15)3-4-13(16)17/h5-8,12H,3-4,15H2,1-2H3,(H,16,17). The summed E-state index contributed by atoms with van der Waals surface area (Å²) in [5.74, 6) is -0.377. The van der Waals surface area contributed by atoms with Crippen molar-refractivity contribution in [3.05, 3.63) is 33.8 Å². The summed E-state index contributed by atoms with van der Waals surface area (Å²) in [7, 11) is 0. The lowest BCUT2D eigenvalue weighted by Gasteiger charge is -2.14. The van der Waals surface area contributed by atoms with Gasteiger partial charge in [0.05, 0.1) is 0 Å². The molecule has 0 saturated heterocycles. The second-order valence-electron chi connectivity index (χ2n) is 4.51. The SMILES string of the molecule is CC(C)c1cc(Br)cc(C(N)CCC(=O)O)c1. The maximum absolute atomic E-state index is 10.5. The van der Waals surface area contributed by atoms with Crippen LogP contribution in [-0.4, -0.2) is 11.1 Å². The van der Waals surface area contributed by atoms with Crippen LogP contribution in [0.3, 0.4) is 0 Å². The van der Waals surface area contributed by atoms with Crippen molar-refractivity contribution in [2.24, 2.45) is 5.73 Å². The van der Waals surface area contributed by atoms with E-state index in [2.05, 4.69) is 41.9 Å². The van der Waals surface area contributed by atoms with E-state index < -0.39 is 5.97 Å². The van der Waals surface area contributed by atoms with Crippen LogP contribution in [0.4, 0.5) is 0 Å². The summed E-state index contributed by atoms with van der Waals surface area (Å²) in [6, 6.07) is 5.86. The quantitative estimate of drug-likeness (QED) is 0.875. The Hall–Kier alpha value is -0.870. The molecule has 3 N–H and O–H groups in total. The minimum absolute atomic E-state index is 0.102. The summed E-state index contributed by atoms with van der Waals surface area (Å²) in [4.78, 5) is 10.5. The lowest BCUT2D eigenvalue weighted by molar-refractivity contribution is -0.137. The summed E-state index contributed by atoms with van der Waals surface area (Å²) >= 11 is 3.46. The third-order valence-corrected chi connectivity index (χ3v) is 3.16. The number of hydrogen-bond donors (Lipinski definition) is 2. The van der Waals surface area contributed by atoms with Gasteiger partial charge in [0.25, 0.3) is 0 Å².